The zero-order valence-corrected chi connectivity index (χ0v) is 34.6. The van der Waals surface area contributed by atoms with Crippen molar-refractivity contribution in [1.82, 2.24) is 0 Å². The molecule has 0 unspecified atom stereocenters. The molecule has 0 atom stereocenters. The van der Waals surface area contributed by atoms with Crippen molar-refractivity contribution in [2.24, 2.45) is 0 Å². The van der Waals surface area contributed by atoms with Gasteiger partial charge in [-0.2, -0.15) is 0 Å². The molecule has 61 heavy (non-hydrogen) atoms. The standard InChI is InChI=1S/C59H45NO/c1-58(2,3)45-30-36-50-51-37-35-48(39-55(51)59(54(50)38-45,43-18-9-5-10-19-43)44-20-11-6-12-21-44)60(46-31-26-41(27-32-46)40-16-7-4-8-17-40)47-33-28-42(29-34-47)49-23-15-24-53-52-22-13-14-25-56(52)61-57(49)53/h4-39H,1-3H3. The minimum Gasteiger partial charge on any atom is -0.455 e. The summed E-state index contributed by atoms with van der Waals surface area (Å²) in [6.07, 6.45) is 0. The third-order valence-electron chi connectivity index (χ3n) is 12.7. The maximum absolute atomic E-state index is 6.48. The van der Waals surface area contributed by atoms with E-state index in [1.54, 1.807) is 0 Å². The number of benzene rings is 9. The largest absolute Gasteiger partial charge is 0.455 e. The van der Waals surface area contributed by atoms with Crippen LogP contribution in [0.3, 0.4) is 0 Å². The van der Waals surface area contributed by atoms with Gasteiger partial charge >= 0.3 is 0 Å². The number of hydrogen-bond acceptors (Lipinski definition) is 2. The van der Waals surface area contributed by atoms with Gasteiger partial charge in [0.1, 0.15) is 11.2 Å². The van der Waals surface area contributed by atoms with Crippen molar-refractivity contribution >= 4 is 39.0 Å². The van der Waals surface area contributed by atoms with E-state index in [2.05, 4.69) is 232 Å². The Kier molecular flexibility index (Phi) is 8.65. The second-order valence-electron chi connectivity index (χ2n) is 17.3. The lowest BCUT2D eigenvalue weighted by Gasteiger charge is -2.35. The number of hydrogen-bond donors (Lipinski definition) is 0. The first-order chi connectivity index (χ1) is 29.9. The molecule has 0 radical (unpaired) electrons. The molecule has 0 saturated carbocycles. The molecule has 292 valence electrons. The molecule has 0 bridgehead atoms. The summed E-state index contributed by atoms with van der Waals surface area (Å²) in [6, 6.07) is 79.8. The molecule has 0 saturated heterocycles. The van der Waals surface area contributed by atoms with Gasteiger partial charge in [0.05, 0.1) is 5.41 Å². The summed E-state index contributed by atoms with van der Waals surface area (Å²) in [5, 5.41) is 2.27. The lowest BCUT2D eigenvalue weighted by atomic mass is 9.67. The van der Waals surface area contributed by atoms with Crippen LogP contribution in [0.15, 0.2) is 223 Å². The topological polar surface area (TPSA) is 16.4 Å². The van der Waals surface area contributed by atoms with Gasteiger partial charge in [-0.15, -0.1) is 0 Å². The van der Waals surface area contributed by atoms with Crippen LogP contribution in [0.5, 0.6) is 0 Å². The summed E-state index contributed by atoms with van der Waals surface area (Å²) in [7, 11) is 0. The summed E-state index contributed by atoms with van der Waals surface area (Å²) >= 11 is 0. The van der Waals surface area contributed by atoms with Crippen molar-refractivity contribution in [2.75, 3.05) is 4.90 Å². The Labute approximate surface area is 358 Å². The highest BCUT2D eigenvalue weighted by Gasteiger charge is 2.47. The lowest BCUT2D eigenvalue weighted by molar-refractivity contribution is 0.588. The highest BCUT2D eigenvalue weighted by atomic mass is 16.3. The van der Waals surface area contributed by atoms with E-state index in [4.69, 9.17) is 4.42 Å². The molecule has 0 N–H and O–H groups in total. The van der Waals surface area contributed by atoms with Crippen LogP contribution in [-0.2, 0) is 10.8 Å². The number of fused-ring (bicyclic) bond motifs is 6. The SMILES string of the molecule is CC(C)(C)c1ccc2c(c1)C(c1ccccc1)(c1ccccc1)c1cc(N(c3ccc(-c4ccccc4)cc3)c3ccc(-c4cccc5c4oc4ccccc45)cc3)ccc1-2. The maximum Gasteiger partial charge on any atom is 0.143 e. The molecule has 0 amide bonds. The van der Waals surface area contributed by atoms with Gasteiger partial charge in [0.25, 0.3) is 0 Å². The molecule has 1 aromatic heterocycles. The molecule has 1 heterocycles. The normalized spacial score (nSPS) is 13.0. The van der Waals surface area contributed by atoms with Crippen molar-refractivity contribution in [2.45, 2.75) is 31.6 Å². The molecule has 1 aliphatic rings. The number of anilines is 3. The molecule has 9 aromatic carbocycles. The quantitative estimate of drug-likeness (QED) is 0.160. The number of rotatable bonds is 7. The Bertz CT molecular complexity index is 3150. The predicted octanol–water partition coefficient (Wildman–Crippen LogP) is 16.1. The first-order valence-electron chi connectivity index (χ1n) is 21.3. The van der Waals surface area contributed by atoms with Crippen molar-refractivity contribution in [3.8, 4) is 33.4 Å². The van der Waals surface area contributed by atoms with Crippen molar-refractivity contribution in [1.29, 1.82) is 0 Å². The minimum atomic E-state index is -0.539. The Hall–Kier alpha value is -7.42. The van der Waals surface area contributed by atoms with Crippen LogP contribution in [0.4, 0.5) is 17.1 Å². The zero-order chi connectivity index (χ0) is 41.1. The summed E-state index contributed by atoms with van der Waals surface area (Å²) in [5.41, 5.74) is 18.1. The second-order valence-corrected chi connectivity index (χ2v) is 17.3. The van der Waals surface area contributed by atoms with Crippen LogP contribution in [-0.4, -0.2) is 0 Å². The van der Waals surface area contributed by atoms with E-state index in [0.29, 0.717) is 0 Å². The van der Waals surface area contributed by atoms with Gasteiger partial charge in [0.15, 0.2) is 0 Å². The average molecular weight is 784 g/mol. The van der Waals surface area contributed by atoms with Crippen LogP contribution in [0.2, 0.25) is 0 Å². The Morgan fingerprint density at radius 3 is 1.54 bits per heavy atom. The van der Waals surface area contributed by atoms with E-state index in [-0.39, 0.29) is 5.41 Å². The van der Waals surface area contributed by atoms with Crippen molar-refractivity contribution in [3.05, 3.63) is 246 Å². The van der Waals surface area contributed by atoms with Gasteiger partial charge in [-0.25, -0.2) is 0 Å². The van der Waals surface area contributed by atoms with E-state index in [0.717, 1.165) is 50.1 Å². The van der Waals surface area contributed by atoms with Crippen LogP contribution in [0.25, 0.3) is 55.3 Å². The lowest BCUT2D eigenvalue weighted by Crippen LogP contribution is -2.29. The Balaban J connectivity index is 1.11. The van der Waals surface area contributed by atoms with Crippen molar-refractivity contribution < 1.29 is 4.42 Å². The van der Waals surface area contributed by atoms with Crippen LogP contribution < -0.4 is 4.90 Å². The van der Waals surface area contributed by atoms with E-state index in [1.165, 1.54) is 50.1 Å². The molecule has 1 aliphatic carbocycles. The third kappa shape index (κ3) is 6.01. The van der Waals surface area contributed by atoms with Gasteiger partial charge in [-0.1, -0.05) is 197 Å². The zero-order valence-electron chi connectivity index (χ0n) is 34.6. The molecule has 2 heteroatoms. The summed E-state index contributed by atoms with van der Waals surface area (Å²) in [5.74, 6) is 0. The smallest absolute Gasteiger partial charge is 0.143 e. The molecule has 0 spiro atoms. The Morgan fingerprint density at radius 2 is 0.902 bits per heavy atom. The molecular formula is C59H45NO. The van der Waals surface area contributed by atoms with E-state index in [1.807, 2.05) is 12.1 Å². The highest BCUT2D eigenvalue weighted by molar-refractivity contribution is 6.09. The fourth-order valence-electron chi connectivity index (χ4n) is 9.73. The Morgan fingerprint density at radius 1 is 0.393 bits per heavy atom. The maximum atomic E-state index is 6.48. The van der Waals surface area contributed by atoms with Gasteiger partial charge in [-0.05, 0) is 104 Å². The van der Waals surface area contributed by atoms with Gasteiger partial charge in [0.2, 0.25) is 0 Å². The van der Waals surface area contributed by atoms with Crippen LogP contribution >= 0.6 is 0 Å². The summed E-state index contributed by atoms with van der Waals surface area (Å²) < 4.78 is 6.48. The van der Waals surface area contributed by atoms with E-state index < -0.39 is 5.41 Å². The number of nitrogens with zero attached hydrogens (tertiary/aromatic N) is 1. The number of para-hydroxylation sites is 2. The summed E-state index contributed by atoms with van der Waals surface area (Å²) in [6.45, 7) is 6.93. The van der Waals surface area contributed by atoms with Crippen LogP contribution in [0, 0.1) is 0 Å². The molecule has 0 aliphatic heterocycles. The predicted molar refractivity (Wildman–Crippen MR) is 255 cm³/mol. The molecule has 11 rings (SSSR count). The minimum absolute atomic E-state index is 0.0150. The van der Waals surface area contributed by atoms with Gasteiger partial charge < -0.3 is 9.32 Å². The number of furan rings is 1. The average Bonchev–Trinajstić information content (AvgIpc) is 3.84. The first-order valence-corrected chi connectivity index (χ1v) is 21.3. The summed E-state index contributed by atoms with van der Waals surface area (Å²) in [4.78, 5) is 2.41. The van der Waals surface area contributed by atoms with Gasteiger partial charge in [-0.3, -0.25) is 0 Å². The third-order valence-corrected chi connectivity index (χ3v) is 12.7. The van der Waals surface area contributed by atoms with Crippen molar-refractivity contribution in [3.63, 3.8) is 0 Å². The highest BCUT2D eigenvalue weighted by Crippen LogP contribution is 2.58. The molecular weight excluding hydrogens is 739 g/mol. The second kappa shape index (κ2) is 14.4. The fraction of sp³-hybridized carbons (Fsp3) is 0.0847. The van der Waals surface area contributed by atoms with Crippen LogP contribution in [0.1, 0.15) is 48.6 Å². The monoisotopic (exact) mass is 783 g/mol. The molecule has 0 fully saturated rings. The first kappa shape index (κ1) is 36.6. The molecule has 10 aromatic rings. The van der Waals surface area contributed by atoms with E-state index >= 15 is 0 Å². The van der Waals surface area contributed by atoms with Gasteiger partial charge in [0, 0.05) is 33.4 Å². The van der Waals surface area contributed by atoms with E-state index in [9.17, 15) is 0 Å². The fourth-order valence-corrected chi connectivity index (χ4v) is 9.73. The molecule has 2 nitrogen and oxygen atoms in total.